The topological polar surface area (TPSA) is 18.5 Å². The zero-order chi connectivity index (χ0) is 15.4. The molecule has 2 aromatic rings. The fraction of sp³-hybridized carbons (Fsp3) is 0.333. The lowest BCUT2D eigenvalue weighted by atomic mass is 10.1. The largest absolute Gasteiger partial charge is 0.368 e. The van der Waals surface area contributed by atoms with Crippen LogP contribution in [-0.2, 0) is 6.54 Å². The molecule has 3 nitrogen and oxygen atoms in total. The summed E-state index contributed by atoms with van der Waals surface area (Å²) in [5, 5.41) is 3.11. The van der Waals surface area contributed by atoms with Gasteiger partial charge in [-0.05, 0) is 36.9 Å². The lowest BCUT2D eigenvalue weighted by Gasteiger charge is -2.37. The van der Waals surface area contributed by atoms with Crippen molar-refractivity contribution in [3.8, 4) is 0 Å². The molecule has 0 bridgehead atoms. The molecule has 3 rings (SSSR count). The molecule has 0 spiro atoms. The standard InChI is InChI=1S/C18H22FN3/c1-20-14-15-7-8-17(19)18(13-15)22-11-9-21(10-12-22)16-5-3-2-4-6-16/h2-8,13,20H,9-12,14H2,1H3. The first-order valence-corrected chi connectivity index (χ1v) is 7.76. The summed E-state index contributed by atoms with van der Waals surface area (Å²) in [6.45, 7) is 4.28. The van der Waals surface area contributed by atoms with Crippen molar-refractivity contribution in [2.45, 2.75) is 6.54 Å². The number of para-hydroxylation sites is 1. The number of hydrogen-bond donors (Lipinski definition) is 1. The van der Waals surface area contributed by atoms with E-state index in [2.05, 4.69) is 39.4 Å². The van der Waals surface area contributed by atoms with Gasteiger partial charge in [0.25, 0.3) is 0 Å². The summed E-state index contributed by atoms with van der Waals surface area (Å²) in [5.41, 5.74) is 3.08. The predicted octanol–water partition coefficient (Wildman–Crippen LogP) is 2.87. The average Bonchev–Trinajstić information content (AvgIpc) is 2.58. The van der Waals surface area contributed by atoms with Gasteiger partial charge in [0, 0.05) is 38.4 Å². The van der Waals surface area contributed by atoms with Gasteiger partial charge in [-0.25, -0.2) is 4.39 Å². The van der Waals surface area contributed by atoms with Crippen LogP contribution in [0.15, 0.2) is 48.5 Å². The van der Waals surface area contributed by atoms with Crippen LogP contribution < -0.4 is 15.1 Å². The van der Waals surface area contributed by atoms with E-state index in [0.29, 0.717) is 0 Å². The maximum Gasteiger partial charge on any atom is 0.146 e. The molecular formula is C18H22FN3. The van der Waals surface area contributed by atoms with Crippen LogP contribution in [0, 0.1) is 5.82 Å². The van der Waals surface area contributed by atoms with Gasteiger partial charge in [0.15, 0.2) is 0 Å². The SMILES string of the molecule is CNCc1ccc(F)c(N2CCN(c3ccccc3)CC2)c1. The Morgan fingerprint density at radius 3 is 2.32 bits per heavy atom. The molecule has 22 heavy (non-hydrogen) atoms. The normalized spacial score (nSPS) is 15.2. The molecule has 0 atom stereocenters. The van der Waals surface area contributed by atoms with Crippen molar-refractivity contribution < 1.29 is 4.39 Å². The van der Waals surface area contributed by atoms with Crippen molar-refractivity contribution >= 4 is 11.4 Å². The summed E-state index contributed by atoms with van der Waals surface area (Å²) in [6, 6.07) is 15.8. The monoisotopic (exact) mass is 299 g/mol. The highest BCUT2D eigenvalue weighted by Crippen LogP contribution is 2.24. The lowest BCUT2D eigenvalue weighted by molar-refractivity contribution is 0.596. The van der Waals surface area contributed by atoms with Crippen molar-refractivity contribution in [2.24, 2.45) is 0 Å². The number of nitrogens with one attached hydrogen (secondary N) is 1. The second-order valence-corrected chi connectivity index (χ2v) is 5.63. The van der Waals surface area contributed by atoms with Crippen LogP contribution in [0.2, 0.25) is 0 Å². The first-order valence-electron chi connectivity index (χ1n) is 7.76. The van der Waals surface area contributed by atoms with Crippen LogP contribution in [0.4, 0.5) is 15.8 Å². The minimum atomic E-state index is -0.131. The van der Waals surface area contributed by atoms with Crippen LogP contribution in [0.5, 0.6) is 0 Å². The number of hydrogen-bond acceptors (Lipinski definition) is 3. The Hall–Kier alpha value is -2.07. The van der Waals surface area contributed by atoms with Gasteiger partial charge < -0.3 is 15.1 Å². The maximum absolute atomic E-state index is 14.1. The van der Waals surface area contributed by atoms with Gasteiger partial charge in [-0.1, -0.05) is 24.3 Å². The molecule has 1 heterocycles. The molecule has 0 aliphatic carbocycles. The van der Waals surface area contributed by atoms with Crippen LogP contribution in [0.1, 0.15) is 5.56 Å². The fourth-order valence-corrected chi connectivity index (χ4v) is 2.96. The molecule has 1 aliphatic heterocycles. The number of nitrogens with zero attached hydrogens (tertiary/aromatic N) is 2. The van der Waals surface area contributed by atoms with Crippen molar-refractivity contribution in [3.05, 3.63) is 59.9 Å². The van der Waals surface area contributed by atoms with E-state index in [1.54, 1.807) is 6.07 Å². The highest BCUT2D eigenvalue weighted by atomic mass is 19.1. The number of benzene rings is 2. The Kier molecular flexibility index (Phi) is 4.59. The Balaban J connectivity index is 1.70. The summed E-state index contributed by atoms with van der Waals surface area (Å²) in [5.74, 6) is -0.131. The molecule has 116 valence electrons. The van der Waals surface area contributed by atoms with Gasteiger partial charge in [-0.2, -0.15) is 0 Å². The third kappa shape index (κ3) is 3.22. The van der Waals surface area contributed by atoms with Crippen LogP contribution in [0.3, 0.4) is 0 Å². The first kappa shape index (κ1) is 14.9. The zero-order valence-electron chi connectivity index (χ0n) is 12.9. The summed E-state index contributed by atoms with van der Waals surface area (Å²) in [7, 11) is 1.90. The average molecular weight is 299 g/mol. The second-order valence-electron chi connectivity index (χ2n) is 5.63. The molecule has 0 radical (unpaired) electrons. The fourth-order valence-electron chi connectivity index (χ4n) is 2.96. The van der Waals surface area contributed by atoms with E-state index >= 15 is 0 Å². The van der Waals surface area contributed by atoms with E-state index in [4.69, 9.17) is 0 Å². The number of rotatable bonds is 4. The van der Waals surface area contributed by atoms with E-state index in [-0.39, 0.29) is 5.82 Å². The predicted molar refractivity (Wildman–Crippen MR) is 90.0 cm³/mol. The molecule has 0 aromatic heterocycles. The lowest BCUT2D eigenvalue weighted by Crippen LogP contribution is -2.46. The van der Waals surface area contributed by atoms with E-state index in [0.717, 1.165) is 44.0 Å². The van der Waals surface area contributed by atoms with Crippen molar-refractivity contribution in [3.63, 3.8) is 0 Å². The maximum atomic E-state index is 14.1. The van der Waals surface area contributed by atoms with Gasteiger partial charge in [0.1, 0.15) is 5.82 Å². The Morgan fingerprint density at radius 1 is 0.955 bits per heavy atom. The number of halogens is 1. The molecule has 0 amide bonds. The van der Waals surface area contributed by atoms with E-state index < -0.39 is 0 Å². The van der Waals surface area contributed by atoms with Gasteiger partial charge >= 0.3 is 0 Å². The Labute approximate surface area is 131 Å². The van der Waals surface area contributed by atoms with Crippen LogP contribution in [-0.4, -0.2) is 33.2 Å². The van der Waals surface area contributed by atoms with Gasteiger partial charge in [-0.15, -0.1) is 0 Å². The van der Waals surface area contributed by atoms with E-state index in [1.165, 1.54) is 5.69 Å². The molecule has 2 aromatic carbocycles. The Bertz CT molecular complexity index is 607. The summed E-state index contributed by atoms with van der Waals surface area (Å²) >= 11 is 0. The molecule has 1 aliphatic rings. The summed E-state index contributed by atoms with van der Waals surface area (Å²) in [6.07, 6.45) is 0. The van der Waals surface area contributed by atoms with Crippen molar-refractivity contribution in [1.29, 1.82) is 0 Å². The molecule has 0 unspecified atom stereocenters. The molecule has 1 N–H and O–H groups in total. The molecule has 1 fully saturated rings. The van der Waals surface area contributed by atoms with Crippen LogP contribution >= 0.6 is 0 Å². The highest BCUT2D eigenvalue weighted by molar-refractivity contribution is 5.53. The van der Waals surface area contributed by atoms with Gasteiger partial charge in [-0.3, -0.25) is 0 Å². The molecule has 0 saturated carbocycles. The third-order valence-electron chi connectivity index (χ3n) is 4.13. The van der Waals surface area contributed by atoms with E-state index in [1.807, 2.05) is 25.2 Å². The van der Waals surface area contributed by atoms with E-state index in [9.17, 15) is 4.39 Å². The second kappa shape index (κ2) is 6.79. The quantitative estimate of drug-likeness (QED) is 0.936. The smallest absolute Gasteiger partial charge is 0.146 e. The highest BCUT2D eigenvalue weighted by Gasteiger charge is 2.19. The Morgan fingerprint density at radius 2 is 1.64 bits per heavy atom. The van der Waals surface area contributed by atoms with Gasteiger partial charge in [0.05, 0.1) is 5.69 Å². The van der Waals surface area contributed by atoms with Gasteiger partial charge in [0.2, 0.25) is 0 Å². The first-order chi connectivity index (χ1) is 10.8. The number of piperazine rings is 1. The number of anilines is 2. The molecule has 4 heteroatoms. The van der Waals surface area contributed by atoms with Crippen molar-refractivity contribution in [1.82, 2.24) is 5.32 Å². The minimum absolute atomic E-state index is 0.131. The third-order valence-corrected chi connectivity index (χ3v) is 4.13. The summed E-state index contributed by atoms with van der Waals surface area (Å²) < 4.78 is 14.1. The molecule has 1 saturated heterocycles. The minimum Gasteiger partial charge on any atom is -0.368 e. The molecular weight excluding hydrogens is 277 g/mol. The summed E-state index contributed by atoms with van der Waals surface area (Å²) in [4.78, 5) is 4.50. The van der Waals surface area contributed by atoms with Crippen LogP contribution in [0.25, 0.3) is 0 Å². The van der Waals surface area contributed by atoms with Crippen molar-refractivity contribution in [2.75, 3.05) is 43.0 Å². The zero-order valence-corrected chi connectivity index (χ0v) is 12.9.